The molecule has 0 spiro atoms. The van der Waals surface area contributed by atoms with E-state index in [0.29, 0.717) is 43.8 Å². The van der Waals surface area contributed by atoms with Crippen LogP contribution in [0.1, 0.15) is 92.5 Å². The summed E-state index contributed by atoms with van der Waals surface area (Å²) in [5, 5.41) is 55.3. The number of allylic oxidation sites excluding steroid dienone is 2. The van der Waals surface area contributed by atoms with Gasteiger partial charge in [0.05, 0.1) is 18.8 Å². The predicted octanol–water partition coefficient (Wildman–Crippen LogP) is 4.76. The third-order valence-corrected chi connectivity index (χ3v) is 10.9. The van der Waals surface area contributed by atoms with Gasteiger partial charge in [-0.1, -0.05) is 55.4 Å². The molecule has 3 aliphatic carbocycles. The minimum Gasteiger partial charge on any atom is -0.668 e. The van der Waals surface area contributed by atoms with E-state index in [4.69, 9.17) is 10.5 Å². The molecule has 1 aromatic carbocycles. The number of phenolic OH excluding ortho intramolecular Hbond substituents is 1. The van der Waals surface area contributed by atoms with E-state index >= 15 is 0 Å². The van der Waals surface area contributed by atoms with E-state index in [1.807, 2.05) is 24.3 Å². The Kier molecular flexibility index (Phi) is 11.3. The fraction of sp³-hybridized carbons (Fsp3) is 0.525. The lowest BCUT2D eigenvalue weighted by atomic mass is 9.76. The quantitative estimate of drug-likeness (QED) is 0.132. The molecule has 2 heterocycles. The predicted molar refractivity (Wildman–Crippen MR) is 188 cm³/mol. The second kappa shape index (κ2) is 15.8. The summed E-state index contributed by atoms with van der Waals surface area (Å²) in [5.74, 6) is 6.91. The Morgan fingerprint density at radius 3 is 2.67 bits per heavy atom. The van der Waals surface area contributed by atoms with Crippen molar-refractivity contribution < 1.29 is 30.3 Å². The first-order valence-electron chi connectivity index (χ1n) is 17.9. The number of aliphatic hydroxyl groups excluding tert-OH is 4. The first kappa shape index (κ1) is 35.0. The van der Waals surface area contributed by atoms with Crippen LogP contribution in [0.15, 0.2) is 60.4 Å². The molecule has 0 fully saturated rings. The van der Waals surface area contributed by atoms with Gasteiger partial charge in [0.2, 0.25) is 0 Å². The molecule has 3 aromatic rings. The van der Waals surface area contributed by atoms with Crippen LogP contribution in [-0.4, -0.2) is 61.5 Å². The molecule has 0 saturated carbocycles. The van der Waals surface area contributed by atoms with E-state index in [-0.39, 0.29) is 35.2 Å². The Bertz CT molecular complexity index is 1650. The van der Waals surface area contributed by atoms with E-state index in [0.717, 1.165) is 54.5 Å². The number of benzene rings is 1. The topological polar surface area (TPSA) is 163 Å². The Morgan fingerprint density at radius 1 is 1.08 bits per heavy atom. The second-order valence-corrected chi connectivity index (χ2v) is 14.2. The van der Waals surface area contributed by atoms with Gasteiger partial charge in [-0.2, -0.15) is 11.9 Å². The number of aromatic nitrogens is 2. The highest BCUT2D eigenvalue weighted by molar-refractivity contribution is 5.52. The first-order chi connectivity index (χ1) is 23.7. The maximum atomic E-state index is 11.7. The molecule has 2 aromatic heterocycles. The van der Waals surface area contributed by atoms with E-state index in [2.05, 4.69) is 34.8 Å². The van der Waals surface area contributed by atoms with Crippen molar-refractivity contribution in [1.82, 2.24) is 9.97 Å². The number of aromatic hydroxyl groups is 1. The highest BCUT2D eigenvalue weighted by atomic mass is 16.5. The lowest BCUT2D eigenvalue weighted by Gasteiger charge is -2.33. The number of nitrogens with two attached hydrogens (primary N) is 1. The van der Waals surface area contributed by atoms with Gasteiger partial charge in [-0.05, 0) is 98.2 Å². The number of anilines is 1. The maximum absolute atomic E-state index is 11.7. The van der Waals surface area contributed by atoms with Gasteiger partial charge in [-0.3, -0.25) is 0 Å². The van der Waals surface area contributed by atoms with Crippen LogP contribution in [0.25, 0.3) is 0 Å². The van der Waals surface area contributed by atoms with E-state index in [9.17, 15) is 25.5 Å². The highest BCUT2D eigenvalue weighted by Crippen LogP contribution is 2.48. The summed E-state index contributed by atoms with van der Waals surface area (Å²) < 4.78 is 6.43. The summed E-state index contributed by atoms with van der Waals surface area (Å²) in [4.78, 5) is 8.58. The molecule has 6 rings (SSSR count). The summed E-state index contributed by atoms with van der Waals surface area (Å²) in [7, 11) is 0. The molecule has 0 saturated heterocycles. The molecule has 49 heavy (non-hydrogen) atoms. The molecule has 0 bridgehead atoms. The van der Waals surface area contributed by atoms with Gasteiger partial charge in [-0.15, -0.1) is 0 Å². The molecular formula is C40H50N3O6-. The van der Waals surface area contributed by atoms with Crippen molar-refractivity contribution in [2.45, 2.75) is 107 Å². The van der Waals surface area contributed by atoms with Crippen molar-refractivity contribution in [2.75, 3.05) is 12.3 Å². The molecule has 0 unspecified atom stereocenters. The standard InChI is InChI=1S/C40H50N3O6/c1-2-24-6-3-4-8-33(45)40-28(10-9-24)16-26-11-12-27-18-34(46)38(22-32(27)31(26)21-35(40)47)49-37(36(48)23-44)19-29(17-30-7-5-14-42-30)25-13-15-43-39(41)20-25/h5,7,13-16,18,20,22,24,28-29,31,33,35-37,40,44-48H,2-4,6,8,11-12,17,19,21,23H2,1H3,(H2,41,43)/q-1/t24-,28+,29+,31-,33+,35-,36-,37-,40-/m1/s1. The van der Waals surface area contributed by atoms with Crippen LogP contribution >= 0.6 is 0 Å². The normalized spacial score (nSPS) is 27.1. The number of nitrogens with zero attached hydrogens (tertiary/aromatic N) is 2. The van der Waals surface area contributed by atoms with E-state index in [1.54, 1.807) is 24.5 Å². The number of rotatable bonds is 10. The number of ether oxygens (including phenoxy) is 1. The number of fused-ring (bicyclic) bond motifs is 4. The van der Waals surface area contributed by atoms with Gasteiger partial charge in [-0.25, -0.2) is 4.98 Å². The minimum atomic E-state index is -1.23. The van der Waals surface area contributed by atoms with Crippen LogP contribution in [0.2, 0.25) is 0 Å². The molecule has 0 radical (unpaired) electrons. The van der Waals surface area contributed by atoms with Crippen LogP contribution in [0.4, 0.5) is 5.82 Å². The largest absolute Gasteiger partial charge is 0.668 e. The summed E-state index contributed by atoms with van der Waals surface area (Å²) in [5.41, 5.74) is 10.9. The van der Waals surface area contributed by atoms with Gasteiger partial charge < -0.3 is 41.0 Å². The molecule has 3 aliphatic rings. The molecule has 9 nitrogen and oxygen atoms in total. The Hall–Kier alpha value is -3.81. The van der Waals surface area contributed by atoms with Crippen molar-refractivity contribution >= 4 is 5.82 Å². The second-order valence-electron chi connectivity index (χ2n) is 14.2. The third kappa shape index (κ3) is 8.16. The number of aliphatic hydroxyl groups is 4. The summed E-state index contributed by atoms with van der Waals surface area (Å²) in [6, 6.07) is 11.1. The van der Waals surface area contributed by atoms with Crippen LogP contribution < -0.4 is 15.5 Å². The number of aryl methyl sites for hydroxylation is 1. The fourth-order valence-electron chi connectivity index (χ4n) is 8.15. The van der Waals surface area contributed by atoms with Crippen LogP contribution in [-0.2, 0) is 12.8 Å². The smallest absolute Gasteiger partial charge is 0.161 e. The monoisotopic (exact) mass is 668 g/mol. The maximum Gasteiger partial charge on any atom is 0.161 e. The average molecular weight is 669 g/mol. The zero-order valence-electron chi connectivity index (χ0n) is 28.3. The van der Waals surface area contributed by atoms with Crippen molar-refractivity contribution in [1.29, 1.82) is 0 Å². The van der Waals surface area contributed by atoms with Gasteiger partial charge in [0.1, 0.15) is 18.0 Å². The number of hydrogen-bond acceptors (Lipinski definition) is 8. The number of phenols is 1. The number of nitrogen functional groups attached to an aromatic ring is 1. The zero-order chi connectivity index (χ0) is 34.5. The van der Waals surface area contributed by atoms with Gasteiger partial charge in [0.15, 0.2) is 11.5 Å². The van der Waals surface area contributed by atoms with Crippen LogP contribution in [0, 0.1) is 29.6 Å². The zero-order valence-corrected chi connectivity index (χ0v) is 28.3. The summed E-state index contributed by atoms with van der Waals surface area (Å²) in [6.07, 6.45) is 9.46. The SMILES string of the molecule is CC[C@H]1C#C[C@H]2C=C3CCc4cc(O)c(O[C@H](C[C@H](Cc5ccc[n-]5)c5ccnc(N)c5)[C@H](O)CO)cc4[C@@H]3C[C@@H](O)[C@H]2[C@@H](O)CCCC1. The van der Waals surface area contributed by atoms with Crippen molar-refractivity contribution in [3.05, 3.63) is 82.8 Å². The lowest BCUT2D eigenvalue weighted by molar-refractivity contribution is -0.00885. The van der Waals surface area contributed by atoms with Crippen LogP contribution in [0.3, 0.4) is 0 Å². The highest BCUT2D eigenvalue weighted by Gasteiger charge is 2.40. The van der Waals surface area contributed by atoms with Crippen molar-refractivity contribution in [2.24, 2.45) is 17.8 Å². The van der Waals surface area contributed by atoms with Crippen LogP contribution in [0.5, 0.6) is 11.5 Å². The summed E-state index contributed by atoms with van der Waals surface area (Å²) in [6.45, 7) is 1.64. The van der Waals surface area contributed by atoms with E-state index in [1.165, 1.54) is 5.57 Å². The molecule has 262 valence electrons. The Morgan fingerprint density at radius 2 is 1.92 bits per heavy atom. The van der Waals surface area contributed by atoms with Gasteiger partial charge in [0.25, 0.3) is 0 Å². The van der Waals surface area contributed by atoms with E-state index < -0.39 is 31.0 Å². The molecule has 0 amide bonds. The fourth-order valence-corrected chi connectivity index (χ4v) is 8.15. The van der Waals surface area contributed by atoms with Gasteiger partial charge in [0, 0.05) is 29.9 Å². The molecular weight excluding hydrogens is 618 g/mol. The molecule has 0 aliphatic heterocycles. The molecule has 9 atom stereocenters. The average Bonchev–Trinajstić information content (AvgIpc) is 3.56. The van der Waals surface area contributed by atoms with Gasteiger partial charge >= 0.3 is 0 Å². The molecule has 9 heteroatoms. The Labute approximate surface area is 289 Å². The third-order valence-electron chi connectivity index (χ3n) is 10.9. The first-order valence-corrected chi connectivity index (χ1v) is 17.9. The number of pyridine rings is 1. The minimum absolute atomic E-state index is 0.0427. The lowest BCUT2D eigenvalue weighted by Crippen LogP contribution is -2.37. The Balaban J connectivity index is 1.31. The van der Waals surface area contributed by atoms with Crippen molar-refractivity contribution in [3.8, 4) is 23.3 Å². The van der Waals surface area contributed by atoms with Crippen molar-refractivity contribution in [3.63, 3.8) is 0 Å². The summed E-state index contributed by atoms with van der Waals surface area (Å²) >= 11 is 0. The number of hydrogen-bond donors (Lipinski definition) is 6. The molecule has 7 N–H and O–H groups in total.